The van der Waals surface area contributed by atoms with Gasteiger partial charge in [0.25, 0.3) is 0 Å². The number of aromatic amines is 1. The average molecular weight is 400 g/mol. The predicted molar refractivity (Wildman–Crippen MR) is 101 cm³/mol. The fourth-order valence-corrected chi connectivity index (χ4v) is 4.90. The summed E-state index contributed by atoms with van der Waals surface area (Å²) in [6.07, 6.45) is 6.31. The van der Waals surface area contributed by atoms with Crippen molar-refractivity contribution in [2.75, 3.05) is 13.2 Å². The van der Waals surface area contributed by atoms with E-state index in [2.05, 4.69) is 15.0 Å². The number of nitrogens with one attached hydrogen (secondary N) is 3. The van der Waals surface area contributed by atoms with E-state index in [0.717, 1.165) is 25.7 Å². The van der Waals surface area contributed by atoms with Gasteiger partial charge in [0.2, 0.25) is 15.9 Å². The quantitative estimate of drug-likeness (QED) is 0.478. The highest BCUT2D eigenvalue weighted by Gasteiger charge is 2.30. The highest BCUT2D eigenvalue weighted by molar-refractivity contribution is 7.89. The number of sulfonamides is 1. The number of ether oxygens (including phenoxy) is 1. The predicted octanol–water partition coefficient (Wildman–Crippen LogP) is 1.93. The maximum absolute atomic E-state index is 12.7. The second-order valence-electron chi connectivity index (χ2n) is 6.88. The van der Waals surface area contributed by atoms with E-state index in [-0.39, 0.29) is 35.6 Å². The Kier molecular flexibility index (Phi) is 7.43. The van der Waals surface area contributed by atoms with Gasteiger partial charge in [0, 0.05) is 17.4 Å². The zero-order valence-electron chi connectivity index (χ0n) is 16.2. The van der Waals surface area contributed by atoms with E-state index in [1.807, 2.05) is 0 Å². The maximum atomic E-state index is 12.7. The zero-order valence-corrected chi connectivity index (χ0v) is 17.0. The third kappa shape index (κ3) is 5.55. The van der Waals surface area contributed by atoms with E-state index in [0.29, 0.717) is 11.4 Å². The van der Waals surface area contributed by atoms with E-state index in [1.54, 1.807) is 20.8 Å². The SMILES string of the molecule is CCOC(=O)c1c(C)[nH]c(C)c1S(=O)(=O)NCC(=O)NC1CCCCCC1. The van der Waals surface area contributed by atoms with Crippen LogP contribution in [0.15, 0.2) is 4.90 Å². The van der Waals surface area contributed by atoms with Crippen molar-refractivity contribution in [2.45, 2.75) is 70.2 Å². The topological polar surface area (TPSA) is 117 Å². The molecule has 27 heavy (non-hydrogen) atoms. The first-order valence-corrected chi connectivity index (χ1v) is 10.9. The van der Waals surface area contributed by atoms with Gasteiger partial charge in [-0.1, -0.05) is 25.7 Å². The summed E-state index contributed by atoms with van der Waals surface area (Å²) in [6, 6.07) is 0.0934. The van der Waals surface area contributed by atoms with Crippen molar-refractivity contribution in [3.63, 3.8) is 0 Å². The van der Waals surface area contributed by atoms with E-state index in [4.69, 9.17) is 4.74 Å². The normalized spacial score (nSPS) is 16.0. The van der Waals surface area contributed by atoms with Gasteiger partial charge in [-0.3, -0.25) is 4.79 Å². The van der Waals surface area contributed by atoms with Crippen molar-refractivity contribution < 1.29 is 22.7 Å². The molecule has 0 aliphatic heterocycles. The van der Waals surface area contributed by atoms with Gasteiger partial charge in [0.05, 0.1) is 13.2 Å². The minimum absolute atomic E-state index is 0.0222. The fourth-order valence-electron chi connectivity index (χ4n) is 3.48. The summed E-state index contributed by atoms with van der Waals surface area (Å²) in [5.41, 5.74) is 0.715. The highest BCUT2D eigenvalue weighted by Crippen LogP contribution is 2.24. The van der Waals surface area contributed by atoms with Crippen molar-refractivity contribution in [1.82, 2.24) is 15.0 Å². The molecular formula is C18H29N3O5S. The van der Waals surface area contributed by atoms with Gasteiger partial charge in [-0.15, -0.1) is 0 Å². The number of hydrogen-bond donors (Lipinski definition) is 3. The number of esters is 1. The minimum Gasteiger partial charge on any atom is -0.462 e. The number of carbonyl (C=O) groups is 2. The number of hydrogen-bond acceptors (Lipinski definition) is 5. The Labute approximate surface area is 160 Å². The minimum atomic E-state index is -4.05. The van der Waals surface area contributed by atoms with E-state index in [1.165, 1.54) is 12.8 Å². The van der Waals surface area contributed by atoms with Crippen LogP contribution in [0.5, 0.6) is 0 Å². The van der Waals surface area contributed by atoms with Crippen LogP contribution in [-0.4, -0.2) is 44.5 Å². The molecule has 8 nitrogen and oxygen atoms in total. The Hall–Kier alpha value is -1.87. The summed E-state index contributed by atoms with van der Waals surface area (Å²) in [7, 11) is -4.05. The van der Waals surface area contributed by atoms with Gasteiger partial charge in [0.15, 0.2) is 0 Å². The lowest BCUT2D eigenvalue weighted by atomic mass is 10.1. The molecule has 1 heterocycles. The molecule has 0 atom stereocenters. The maximum Gasteiger partial charge on any atom is 0.341 e. The van der Waals surface area contributed by atoms with Gasteiger partial charge >= 0.3 is 5.97 Å². The van der Waals surface area contributed by atoms with Crippen LogP contribution in [0.2, 0.25) is 0 Å². The van der Waals surface area contributed by atoms with Gasteiger partial charge in [0.1, 0.15) is 10.5 Å². The highest BCUT2D eigenvalue weighted by atomic mass is 32.2. The number of H-pyrrole nitrogens is 1. The molecule has 0 aromatic carbocycles. The van der Waals surface area contributed by atoms with Crippen LogP contribution in [-0.2, 0) is 19.6 Å². The fraction of sp³-hybridized carbons (Fsp3) is 0.667. The molecule has 0 saturated heterocycles. The average Bonchev–Trinajstić information content (AvgIpc) is 2.75. The van der Waals surface area contributed by atoms with Crippen LogP contribution in [0, 0.1) is 13.8 Å². The second-order valence-corrected chi connectivity index (χ2v) is 8.58. The van der Waals surface area contributed by atoms with Gasteiger partial charge in [-0.2, -0.15) is 0 Å². The molecule has 2 rings (SSSR count). The first kappa shape index (κ1) is 21.4. The largest absolute Gasteiger partial charge is 0.462 e. The summed E-state index contributed by atoms with van der Waals surface area (Å²) in [4.78, 5) is 27.0. The number of aryl methyl sites for hydroxylation is 2. The Morgan fingerprint density at radius 3 is 2.33 bits per heavy atom. The van der Waals surface area contributed by atoms with Crippen molar-refractivity contribution in [3.05, 3.63) is 17.0 Å². The van der Waals surface area contributed by atoms with E-state index < -0.39 is 16.0 Å². The van der Waals surface area contributed by atoms with Crippen molar-refractivity contribution in [1.29, 1.82) is 0 Å². The molecule has 1 saturated carbocycles. The molecule has 1 aliphatic rings. The van der Waals surface area contributed by atoms with Crippen molar-refractivity contribution in [2.24, 2.45) is 0 Å². The molecule has 1 amide bonds. The van der Waals surface area contributed by atoms with Gasteiger partial charge in [-0.25, -0.2) is 17.9 Å². The number of rotatable bonds is 7. The van der Waals surface area contributed by atoms with Crippen LogP contribution in [0.25, 0.3) is 0 Å². The van der Waals surface area contributed by atoms with Crippen molar-refractivity contribution in [3.8, 4) is 0 Å². The second kappa shape index (κ2) is 9.36. The summed E-state index contributed by atoms with van der Waals surface area (Å²) in [6.45, 7) is 4.59. The smallest absolute Gasteiger partial charge is 0.341 e. The molecule has 0 bridgehead atoms. The first-order chi connectivity index (χ1) is 12.8. The monoisotopic (exact) mass is 399 g/mol. The Bertz CT molecular complexity index is 777. The molecule has 1 aliphatic carbocycles. The van der Waals surface area contributed by atoms with Crippen LogP contribution in [0.4, 0.5) is 0 Å². The molecule has 1 fully saturated rings. The molecule has 152 valence electrons. The molecular weight excluding hydrogens is 370 g/mol. The Morgan fingerprint density at radius 1 is 1.11 bits per heavy atom. The van der Waals surface area contributed by atoms with Gasteiger partial charge < -0.3 is 15.0 Å². The number of aromatic nitrogens is 1. The lowest BCUT2D eigenvalue weighted by molar-refractivity contribution is -0.120. The van der Waals surface area contributed by atoms with E-state index in [9.17, 15) is 18.0 Å². The third-order valence-corrected chi connectivity index (χ3v) is 6.28. The zero-order chi connectivity index (χ0) is 20.0. The lowest BCUT2D eigenvalue weighted by Gasteiger charge is -2.16. The molecule has 1 aromatic rings. The summed E-state index contributed by atoms with van der Waals surface area (Å²) < 4.78 is 32.7. The number of carbonyl (C=O) groups excluding carboxylic acids is 2. The van der Waals surface area contributed by atoms with Crippen LogP contribution in [0.1, 0.15) is 67.2 Å². The molecule has 9 heteroatoms. The van der Waals surface area contributed by atoms with Crippen LogP contribution in [0.3, 0.4) is 0 Å². The Balaban J connectivity index is 2.08. The molecule has 0 spiro atoms. The third-order valence-electron chi connectivity index (χ3n) is 4.71. The standard InChI is InChI=1S/C18H29N3O5S/c1-4-26-18(23)16-12(2)20-13(3)17(16)27(24,25)19-11-15(22)21-14-9-7-5-6-8-10-14/h14,19-20H,4-11H2,1-3H3,(H,21,22). The number of amides is 1. The van der Waals surface area contributed by atoms with Crippen molar-refractivity contribution >= 4 is 21.9 Å². The van der Waals surface area contributed by atoms with Crippen LogP contribution >= 0.6 is 0 Å². The summed E-state index contributed by atoms with van der Waals surface area (Å²) in [5.74, 6) is -1.07. The molecule has 3 N–H and O–H groups in total. The van der Waals surface area contributed by atoms with Gasteiger partial charge in [-0.05, 0) is 33.6 Å². The Morgan fingerprint density at radius 2 is 1.74 bits per heavy atom. The molecule has 0 radical (unpaired) electrons. The lowest BCUT2D eigenvalue weighted by Crippen LogP contribution is -2.42. The molecule has 1 aromatic heterocycles. The van der Waals surface area contributed by atoms with E-state index >= 15 is 0 Å². The van der Waals surface area contributed by atoms with Crippen LogP contribution < -0.4 is 10.0 Å². The summed E-state index contributed by atoms with van der Waals surface area (Å²) in [5, 5.41) is 2.90. The first-order valence-electron chi connectivity index (χ1n) is 9.41. The summed E-state index contributed by atoms with van der Waals surface area (Å²) >= 11 is 0. The molecule has 0 unspecified atom stereocenters.